The van der Waals surface area contributed by atoms with Gasteiger partial charge in [-0.25, -0.2) is 4.98 Å². The van der Waals surface area contributed by atoms with Gasteiger partial charge in [-0.05, 0) is 24.6 Å². The van der Waals surface area contributed by atoms with Crippen LogP contribution in [0.1, 0.15) is 23.4 Å². The molecule has 0 radical (unpaired) electrons. The van der Waals surface area contributed by atoms with Gasteiger partial charge >= 0.3 is 6.18 Å². The van der Waals surface area contributed by atoms with Crippen LogP contribution in [-0.2, 0) is 12.6 Å². The minimum atomic E-state index is -4.51. The third-order valence-electron chi connectivity index (χ3n) is 2.92. The van der Waals surface area contributed by atoms with E-state index in [0.717, 1.165) is 24.7 Å². The molecule has 0 aliphatic carbocycles. The van der Waals surface area contributed by atoms with Crippen molar-refractivity contribution in [2.75, 3.05) is 11.9 Å². The molecule has 0 bridgehead atoms. The zero-order chi connectivity index (χ0) is 15.3. The van der Waals surface area contributed by atoms with Crippen LogP contribution in [0.4, 0.5) is 18.9 Å². The first-order chi connectivity index (χ1) is 10.0. The Morgan fingerprint density at radius 3 is 2.76 bits per heavy atom. The average molecular weight is 294 g/mol. The van der Waals surface area contributed by atoms with Crippen molar-refractivity contribution in [3.05, 3.63) is 47.5 Å². The molecule has 1 heterocycles. The smallest absolute Gasteiger partial charge is 0.385 e. The lowest BCUT2D eigenvalue weighted by Gasteiger charge is -2.11. The molecule has 0 fully saturated rings. The summed E-state index contributed by atoms with van der Waals surface area (Å²) in [5.41, 5.74) is -0.788. The van der Waals surface area contributed by atoms with Crippen molar-refractivity contribution in [3.8, 4) is 6.07 Å². The Labute approximate surface area is 119 Å². The highest BCUT2D eigenvalue weighted by molar-refractivity contribution is 5.53. The van der Waals surface area contributed by atoms with E-state index in [1.165, 1.54) is 12.1 Å². The molecule has 0 aliphatic rings. The minimum Gasteiger partial charge on any atom is -0.385 e. The van der Waals surface area contributed by atoms with Gasteiger partial charge in [0.25, 0.3) is 0 Å². The molecule has 110 valence electrons. The first kappa shape index (κ1) is 14.9. The molecule has 0 saturated carbocycles. The molecule has 4 nitrogen and oxygen atoms in total. The second-order valence-electron chi connectivity index (χ2n) is 4.44. The lowest BCUT2D eigenvalue weighted by molar-refractivity contribution is -0.137. The molecule has 21 heavy (non-hydrogen) atoms. The van der Waals surface area contributed by atoms with Gasteiger partial charge in [0, 0.05) is 31.0 Å². The second kappa shape index (κ2) is 6.31. The molecule has 0 aliphatic heterocycles. The summed E-state index contributed by atoms with van der Waals surface area (Å²) in [6, 6.07) is 5.05. The quantitative estimate of drug-likeness (QED) is 0.831. The number of halogens is 3. The van der Waals surface area contributed by atoms with Gasteiger partial charge < -0.3 is 10.3 Å². The van der Waals surface area contributed by atoms with E-state index in [2.05, 4.69) is 15.3 Å². The Kier molecular flexibility index (Phi) is 4.48. The maximum absolute atomic E-state index is 12.6. The van der Waals surface area contributed by atoms with Crippen molar-refractivity contribution in [2.45, 2.75) is 19.0 Å². The molecule has 2 aromatic rings. The highest BCUT2D eigenvalue weighted by Crippen LogP contribution is 2.32. The summed E-state index contributed by atoms with van der Waals surface area (Å²) < 4.78 is 37.9. The number of H-pyrrole nitrogens is 1. The SMILES string of the molecule is N#Cc1cc(NCCCc2ncc[nH]2)ccc1C(F)(F)F. The topological polar surface area (TPSA) is 64.5 Å². The number of aromatic nitrogens is 2. The van der Waals surface area contributed by atoms with Crippen LogP contribution < -0.4 is 5.32 Å². The third-order valence-corrected chi connectivity index (χ3v) is 2.92. The van der Waals surface area contributed by atoms with Crippen molar-refractivity contribution in [3.63, 3.8) is 0 Å². The largest absolute Gasteiger partial charge is 0.417 e. The number of aryl methyl sites for hydroxylation is 1. The van der Waals surface area contributed by atoms with Gasteiger partial charge in [0.1, 0.15) is 5.82 Å². The Bertz CT molecular complexity index is 627. The Balaban J connectivity index is 1.94. The van der Waals surface area contributed by atoms with Gasteiger partial charge in [0.15, 0.2) is 0 Å². The number of imidazole rings is 1. The molecule has 0 saturated heterocycles. The number of aromatic amines is 1. The first-order valence-electron chi connectivity index (χ1n) is 6.34. The standard InChI is InChI=1S/C14H13F3N4/c15-14(16,17)12-4-3-11(8-10(12)9-18)19-5-1-2-13-20-6-7-21-13/h3-4,6-8,19H,1-2,5H2,(H,20,21). The number of alkyl halides is 3. The molecular formula is C14H13F3N4. The number of nitrogens with one attached hydrogen (secondary N) is 2. The maximum atomic E-state index is 12.6. The molecule has 1 aromatic heterocycles. The van der Waals surface area contributed by atoms with Crippen LogP contribution in [-0.4, -0.2) is 16.5 Å². The molecule has 0 atom stereocenters. The summed E-state index contributed by atoms with van der Waals surface area (Å²) in [7, 11) is 0. The number of hydrogen-bond donors (Lipinski definition) is 2. The highest BCUT2D eigenvalue weighted by atomic mass is 19.4. The lowest BCUT2D eigenvalue weighted by atomic mass is 10.1. The fraction of sp³-hybridized carbons (Fsp3) is 0.286. The van der Waals surface area contributed by atoms with Crippen LogP contribution in [0.2, 0.25) is 0 Å². The minimum absolute atomic E-state index is 0.376. The molecule has 2 N–H and O–H groups in total. The van der Waals surface area contributed by atoms with Crippen LogP contribution in [0.15, 0.2) is 30.6 Å². The number of rotatable bonds is 5. The molecular weight excluding hydrogens is 281 g/mol. The second-order valence-corrected chi connectivity index (χ2v) is 4.44. The van der Waals surface area contributed by atoms with Crippen LogP contribution in [0.25, 0.3) is 0 Å². The summed E-state index contributed by atoms with van der Waals surface area (Å²) in [5.74, 6) is 0.863. The Morgan fingerprint density at radius 2 is 2.14 bits per heavy atom. The van der Waals surface area contributed by atoms with Gasteiger partial charge in [0.05, 0.1) is 17.2 Å². The first-order valence-corrected chi connectivity index (χ1v) is 6.34. The zero-order valence-corrected chi connectivity index (χ0v) is 11.0. The van der Waals surface area contributed by atoms with Gasteiger partial charge in [0.2, 0.25) is 0 Å². The van der Waals surface area contributed by atoms with Gasteiger partial charge in [-0.15, -0.1) is 0 Å². The number of nitriles is 1. The van der Waals surface area contributed by atoms with Crippen molar-refractivity contribution < 1.29 is 13.2 Å². The van der Waals surface area contributed by atoms with Crippen molar-refractivity contribution in [1.29, 1.82) is 5.26 Å². The van der Waals surface area contributed by atoms with Crippen LogP contribution >= 0.6 is 0 Å². The van der Waals surface area contributed by atoms with Crippen LogP contribution in [0.5, 0.6) is 0 Å². The average Bonchev–Trinajstić information content (AvgIpc) is 2.95. The van der Waals surface area contributed by atoms with Crippen molar-refractivity contribution in [1.82, 2.24) is 9.97 Å². The predicted octanol–water partition coefficient (Wildman–Crippen LogP) is 3.34. The summed E-state index contributed by atoms with van der Waals surface area (Å²) in [6.45, 7) is 0.580. The monoisotopic (exact) mass is 294 g/mol. The van der Waals surface area contributed by atoms with E-state index in [9.17, 15) is 13.2 Å². The zero-order valence-electron chi connectivity index (χ0n) is 11.0. The van der Waals surface area contributed by atoms with Crippen LogP contribution in [0, 0.1) is 11.3 Å². The number of nitrogens with zero attached hydrogens (tertiary/aromatic N) is 2. The molecule has 2 rings (SSSR count). The van der Waals surface area contributed by atoms with Gasteiger partial charge in [-0.2, -0.15) is 18.4 Å². The summed E-state index contributed by atoms with van der Waals surface area (Å²) >= 11 is 0. The molecule has 0 spiro atoms. The van der Waals surface area contributed by atoms with E-state index in [0.29, 0.717) is 12.2 Å². The van der Waals surface area contributed by atoms with E-state index in [1.54, 1.807) is 18.5 Å². The van der Waals surface area contributed by atoms with E-state index < -0.39 is 11.7 Å². The Morgan fingerprint density at radius 1 is 1.33 bits per heavy atom. The van der Waals surface area contributed by atoms with E-state index in [1.807, 2.05) is 0 Å². The highest BCUT2D eigenvalue weighted by Gasteiger charge is 2.33. The molecule has 0 unspecified atom stereocenters. The lowest BCUT2D eigenvalue weighted by Crippen LogP contribution is -2.09. The summed E-state index contributed by atoms with van der Waals surface area (Å²) in [6.07, 6.45) is 0.403. The predicted molar refractivity (Wildman–Crippen MR) is 71.6 cm³/mol. The maximum Gasteiger partial charge on any atom is 0.417 e. The van der Waals surface area contributed by atoms with Crippen LogP contribution in [0.3, 0.4) is 0 Å². The molecule has 1 aromatic carbocycles. The van der Waals surface area contributed by atoms with E-state index in [-0.39, 0.29) is 5.56 Å². The fourth-order valence-corrected chi connectivity index (χ4v) is 1.92. The van der Waals surface area contributed by atoms with E-state index in [4.69, 9.17) is 5.26 Å². The number of hydrogen-bond acceptors (Lipinski definition) is 3. The Hall–Kier alpha value is -2.49. The van der Waals surface area contributed by atoms with E-state index >= 15 is 0 Å². The van der Waals surface area contributed by atoms with Gasteiger partial charge in [-0.1, -0.05) is 0 Å². The summed E-state index contributed by atoms with van der Waals surface area (Å²) in [4.78, 5) is 7.05. The van der Waals surface area contributed by atoms with Gasteiger partial charge in [-0.3, -0.25) is 0 Å². The van der Waals surface area contributed by atoms with Crippen molar-refractivity contribution in [2.24, 2.45) is 0 Å². The van der Waals surface area contributed by atoms with Crippen molar-refractivity contribution >= 4 is 5.69 Å². The third kappa shape index (κ3) is 3.99. The molecule has 7 heteroatoms. The fourth-order valence-electron chi connectivity index (χ4n) is 1.92. The molecule has 0 amide bonds. The summed E-state index contributed by atoms with van der Waals surface area (Å²) in [5, 5.41) is 11.8. The number of anilines is 1. The normalized spacial score (nSPS) is 11.1. The number of benzene rings is 1.